The topological polar surface area (TPSA) is 20.2 Å². The molecule has 0 fully saturated rings. The number of aliphatic hydroxyl groups is 1. The Bertz CT molecular complexity index is 546. The molecule has 1 atom stereocenters. The summed E-state index contributed by atoms with van der Waals surface area (Å²) in [5, 5.41) is 10.4. The van der Waals surface area contributed by atoms with Crippen molar-refractivity contribution < 1.29 is 5.11 Å². The van der Waals surface area contributed by atoms with Crippen LogP contribution in [0.2, 0.25) is 0 Å². The van der Waals surface area contributed by atoms with Gasteiger partial charge in [0.1, 0.15) is 0 Å². The monoisotopic (exact) mass is 278 g/mol. The Labute approximate surface area is 127 Å². The Morgan fingerprint density at radius 3 is 1.90 bits per heavy atom. The second-order valence-electron chi connectivity index (χ2n) is 5.83. The maximum Gasteiger partial charge on any atom is 0.0574 e. The Hall–Kier alpha value is -1.86. The van der Waals surface area contributed by atoms with E-state index in [1.54, 1.807) is 0 Å². The molecule has 0 aromatic heterocycles. The number of hydrogen-bond acceptors (Lipinski definition) is 1. The maximum absolute atomic E-state index is 10.4. The summed E-state index contributed by atoms with van der Waals surface area (Å²) in [5.74, 6) is 0.348. The molecule has 1 N–H and O–H groups in total. The molecule has 0 saturated carbocycles. The predicted octanol–water partition coefficient (Wildman–Crippen LogP) is 4.32. The molecule has 0 unspecified atom stereocenters. The number of aliphatic hydroxyl groups excluding tert-OH is 1. The van der Waals surface area contributed by atoms with Crippen molar-refractivity contribution in [2.24, 2.45) is 5.92 Å². The SMILES string of the molecule is OCC(c1ccccc1)(c1ccccc1)[C@@H]1C=CCCC1. The van der Waals surface area contributed by atoms with Gasteiger partial charge in [0.25, 0.3) is 0 Å². The highest BCUT2D eigenvalue weighted by Gasteiger charge is 2.40. The Balaban J connectivity index is 2.17. The molecule has 3 rings (SSSR count). The van der Waals surface area contributed by atoms with Gasteiger partial charge in [0.15, 0.2) is 0 Å². The average Bonchev–Trinajstić information content (AvgIpc) is 2.59. The number of benzene rings is 2. The molecule has 1 heteroatoms. The van der Waals surface area contributed by atoms with Gasteiger partial charge in [-0.1, -0.05) is 72.8 Å². The van der Waals surface area contributed by atoms with Crippen LogP contribution in [0.5, 0.6) is 0 Å². The highest BCUT2D eigenvalue weighted by atomic mass is 16.3. The fourth-order valence-electron chi connectivity index (χ4n) is 3.59. The summed E-state index contributed by atoms with van der Waals surface area (Å²) in [4.78, 5) is 0. The van der Waals surface area contributed by atoms with Gasteiger partial charge in [0.2, 0.25) is 0 Å². The minimum Gasteiger partial charge on any atom is -0.395 e. The van der Waals surface area contributed by atoms with E-state index in [9.17, 15) is 5.11 Å². The lowest BCUT2D eigenvalue weighted by Crippen LogP contribution is -2.40. The van der Waals surface area contributed by atoms with Crippen molar-refractivity contribution in [1.29, 1.82) is 0 Å². The average molecular weight is 278 g/mol. The van der Waals surface area contributed by atoms with Gasteiger partial charge >= 0.3 is 0 Å². The van der Waals surface area contributed by atoms with Gasteiger partial charge in [-0.15, -0.1) is 0 Å². The van der Waals surface area contributed by atoms with E-state index in [2.05, 4.69) is 60.7 Å². The van der Waals surface area contributed by atoms with Crippen LogP contribution in [0, 0.1) is 5.92 Å². The Morgan fingerprint density at radius 2 is 1.48 bits per heavy atom. The van der Waals surface area contributed by atoms with E-state index in [0.29, 0.717) is 5.92 Å². The quantitative estimate of drug-likeness (QED) is 0.826. The van der Waals surface area contributed by atoms with Gasteiger partial charge in [0.05, 0.1) is 6.61 Å². The molecule has 1 aliphatic carbocycles. The molecular weight excluding hydrogens is 256 g/mol. The number of allylic oxidation sites excluding steroid dienone is 2. The summed E-state index contributed by atoms with van der Waals surface area (Å²) in [6, 6.07) is 20.9. The van der Waals surface area contributed by atoms with Crippen molar-refractivity contribution in [3.63, 3.8) is 0 Å². The van der Waals surface area contributed by atoms with Crippen LogP contribution >= 0.6 is 0 Å². The summed E-state index contributed by atoms with van der Waals surface area (Å²) >= 11 is 0. The normalized spacial score (nSPS) is 18.6. The molecule has 0 bridgehead atoms. The fourth-order valence-corrected chi connectivity index (χ4v) is 3.59. The van der Waals surface area contributed by atoms with Gasteiger partial charge in [-0.05, 0) is 36.3 Å². The molecule has 2 aromatic rings. The third kappa shape index (κ3) is 2.54. The van der Waals surface area contributed by atoms with E-state index in [1.807, 2.05) is 12.1 Å². The van der Waals surface area contributed by atoms with E-state index < -0.39 is 0 Å². The van der Waals surface area contributed by atoms with E-state index in [-0.39, 0.29) is 12.0 Å². The number of hydrogen-bond donors (Lipinski definition) is 1. The molecule has 0 saturated heterocycles. The van der Waals surface area contributed by atoms with Crippen molar-refractivity contribution in [2.45, 2.75) is 24.7 Å². The van der Waals surface area contributed by atoms with Crippen molar-refractivity contribution in [3.8, 4) is 0 Å². The lowest BCUT2D eigenvalue weighted by molar-refractivity contribution is 0.177. The lowest BCUT2D eigenvalue weighted by atomic mass is 9.64. The van der Waals surface area contributed by atoms with Crippen LogP contribution < -0.4 is 0 Å². The minimum absolute atomic E-state index is 0.135. The number of rotatable bonds is 4. The smallest absolute Gasteiger partial charge is 0.0574 e. The van der Waals surface area contributed by atoms with Gasteiger partial charge in [-0.3, -0.25) is 0 Å². The second kappa shape index (κ2) is 6.28. The van der Waals surface area contributed by atoms with Crippen molar-refractivity contribution >= 4 is 0 Å². The molecule has 21 heavy (non-hydrogen) atoms. The molecule has 1 aliphatic rings. The van der Waals surface area contributed by atoms with Crippen LogP contribution in [0.25, 0.3) is 0 Å². The summed E-state index contributed by atoms with van der Waals surface area (Å²) in [7, 11) is 0. The zero-order chi connectivity index (χ0) is 14.5. The lowest BCUT2D eigenvalue weighted by Gasteiger charge is -2.40. The highest BCUT2D eigenvalue weighted by molar-refractivity contribution is 5.42. The largest absolute Gasteiger partial charge is 0.395 e. The first-order valence-electron chi connectivity index (χ1n) is 7.76. The summed E-state index contributed by atoms with van der Waals surface area (Å²) < 4.78 is 0. The third-order valence-corrected chi connectivity index (χ3v) is 4.71. The van der Waals surface area contributed by atoms with E-state index in [4.69, 9.17) is 0 Å². The van der Waals surface area contributed by atoms with E-state index in [1.165, 1.54) is 17.5 Å². The van der Waals surface area contributed by atoms with E-state index in [0.717, 1.165) is 12.8 Å². The predicted molar refractivity (Wildman–Crippen MR) is 87.2 cm³/mol. The molecular formula is C20H22O. The van der Waals surface area contributed by atoms with Crippen LogP contribution in [0.1, 0.15) is 30.4 Å². The minimum atomic E-state index is -0.334. The van der Waals surface area contributed by atoms with E-state index >= 15 is 0 Å². The maximum atomic E-state index is 10.4. The summed E-state index contributed by atoms with van der Waals surface area (Å²) in [6.07, 6.45) is 8.05. The molecule has 0 heterocycles. The Kier molecular flexibility index (Phi) is 4.21. The van der Waals surface area contributed by atoms with Gasteiger partial charge in [-0.2, -0.15) is 0 Å². The first-order valence-corrected chi connectivity index (χ1v) is 7.76. The summed E-state index contributed by atoms with van der Waals surface area (Å²) in [5.41, 5.74) is 2.07. The van der Waals surface area contributed by atoms with Gasteiger partial charge in [0, 0.05) is 5.41 Å². The molecule has 0 aliphatic heterocycles. The molecule has 108 valence electrons. The fraction of sp³-hybridized carbons (Fsp3) is 0.300. The van der Waals surface area contributed by atoms with Crippen LogP contribution in [-0.4, -0.2) is 11.7 Å². The third-order valence-electron chi connectivity index (χ3n) is 4.71. The van der Waals surface area contributed by atoms with Crippen LogP contribution in [0.4, 0.5) is 0 Å². The Morgan fingerprint density at radius 1 is 0.905 bits per heavy atom. The molecule has 1 nitrogen and oxygen atoms in total. The van der Waals surface area contributed by atoms with Crippen LogP contribution in [0.15, 0.2) is 72.8 Å². The van der Waals surface area contributed by atoms with Gasteiger partial charge in [-0.25, -0.2) is 0 Å². The first-order chi connectivity index (χ1) is 10.4. The van der Waals surface area contributed by atoms with Crippen LogP contribution in [-0.2, 0) is 5.41 Å². The first kappa shape index (κ1) is 14.1. The molecule has 0 spiro atoms. The zero-order valence-electron chi connectivity index (χ0n) is 12.3. The molecule has 0 amide bonds. The summed E-state index contributed by atoms with van der Waals surface area (Å²) in [6.45, 7) is 0.135. The zero-order valence-corrected chi connectivity index (χ0v) is 12.3. The van der Waals surface area contributed by atoms with Crippen molar-refractivity contribution in [1.82, 2.24) is 0 Å². The second-order valence-corrected chi connectivity index (χ2v) is 5.83. The van der Waals surface area contributed by atoms with Crippen molar-refractivity contribution in [2.75, 3.05) is 6.61 Å². The molecule has 2 aromatic carbocycles. The molecule has 0 radical (unpaired) electrons. The van der Waals surface area contributed by atoms with Gasteiger partial charge < -0.3 is 5.11 Å². The van der Waals surface area contributed by atoms with Crippen molar-refractivity contribution in [3.05, 3.63) is 83.9 Å². The highest BCUT2D eigenvalue weighted by Crippen LogP contribution is 2.43. The standard InChI is InChI=1S/C20H22O/c21-16-20(17-10-4-1-5-11-17,18-12-6-2-7-13-18)19-14-8-3-9-15-19/h1-2,4-8,10-14,19,21H,3,9,15-16H2/t19-/m1/s1. The van der Waals surface area contributed by atoms with Crippen LogP contribution in [0.3, 0.4) is 0 Å².